The Morgan fingerprint density at radius 1 is 1.17 bits per heavy atom. The van der Waals surface area contributed by atoms with Gasteiger partial charge in [-0.2, -0.15) is 0 Å². The minimum atomic E-state index is 0.0737. The third-order valence-electron chi connectivity index (χ3n) is 4.66. The highest BCUT2D eigenvalue weighted by atomic mass is 16.1. The molecule has 0 bridgehead atoms. The molecule has 2 aromatic heterocycles. The Hall–Kier alpha value is -2.86. The summed E-state index contributed by atoms with van der Waals surface area (Å²) in [6.45, 7) is 0.640. The Bertz CT molecular complexity index is 1140. The van der Waals surface area contributed by atoms with E-state index in [1.165, 1.54) is 0 Å². The third-order valence-corrected chi connectivity index (χ3v) is 4.66. The quantitative estimate of drug-likeness (QED) is 0.526. The zero-order chi connectivity index (χ0) is 15.7. The first-order valence-electron chi connectivity index (χ1n) is 7.54. The van der Waals surface area contributed by atoms with E-state index in [0.29, 0.717) is 6.54 Å². The highest BCUT2D eigenvalue weighted by Crippen LogP contribution is 2.33. The summed E-state index contributed by atoms with van der Waals surface area (Å²) in [6, 6.07) is 7.93. The Balaban J connectivity index is 2.14. The molecule has 0 saturated carbocycles. The molecular weight excluding hydrogens is 290 g/mol. The molecule has 0 saturated heterocycles. The number of nitrogens with one attached hydrogen (secondary N) is 2. The molecule has 1 aliphatic rings. The molecule has 1 aliphatic heterocycles. The van der Waals surface area contributed by atoms with Crippen molar-refractivity contribution in [3.05, 3.63) is 46.4 Å². The minimum Gasteiger partial charge on any atom is -0.377 e. The van der Waals surface area contributed by atoms with Gasteiger partial charge in [0, 0.05) is 31.9 Å². The molecule has 0 fully saturated rings. The summed E-state index contributed by atoms with van der Waals surface area (Å²) in [5, 5.41) is 1.50. The highest BCUT2D eigenvalue weighted by Gasteiger charge is 2.22. The predicted octanol–water partition coefficient (Wildman–Crippen LogP) is 1.93. The van der Waals surface area contributed by atoms with E-state index in [2.05, 4.69) is 15.8 Å². The fourth-order valence-corrected chi connectivity index (χ4v) is 3.62. The van der Waals surface area contributed by atoms with E-state index in [0.717, 1.165) is 44.3 Å². The molecule has 5 rings (SSSR count). The molecule has 6 nitrogen and oxygen atoms in total. The van der Waals surface area contributed by atoms with E-state index in [4.69, 9.17) is 0 Å². The minimum absolute atomic E-state index is 0.0737. The zero-order valence-corrected chi connectivity index (χ0v) is 12.8. The summed E-state index contributed by atoms with van der Waals surface area (Å²) in [6.07, 6.45) is 1.81. The number of rotatable bonds is 1. The van der Waals surface area contributed by atoms with E-state index < -0.39 is 0 Å². The predicted molar refractivity (Wildman–Crippen MR) is 92.4 cm³/mol. The summed E-state index contributed by atoms with van der Waals surface area (Å²) < 4.78 is 2.03. The maximum absolute atomic E-state index is 13.4. The lowest BCUT2D eigenvalue weighted by Crippen LogP contribution is -2.15. The molecule has 0 spiro atoms. The number of aromatic nitrogens is 2. The standard InChI is InChI=1S/C17H15N5O/c1-21(2)12-5-4-11-16-15(12)17(23)14-9-7-19-20-10(9)3-6-13(14)22(16)8-18-11/h3-6,8,19-20H,7H2,1-2H3. The summed E-state index contributed by atoms with van der Waals surface area (Å²) in [4.78, 5) is 19.8. The van der Waals surface area contributed by atoms with Crippen molar-refractivity contribution in [1.82, 2.24) is 14.8 Å². The number of hydrazine groups is 1. The van der Waals surface area contributed by atoms with Crippen LogP contribution < -0.4 is 21.2 Å². The van der Waals surface area contributed by atoms with Gasteiger partial charge in [-0.05, 0) is 24.3 Å². The number of pyridine rings is 1. The van der Waals surface area contributed by atoms with Gasteiger partial charge in [-0.3, -0.25) is 9.20 Å². The second kappa shape index (κ2) is 4.11. The van der Waals surface area contributed by atoms with Crippen LogP contribution in [0.3, 0.4) is 0 Å². The van der Waals surface area contributed by atoms with Gasteiger partial charge in [0.1, 0.15) is 6.33 Å². The lowest BCUT2D eigenvalue weighted by molar-refractivity contribution is 0.863. The van der Waals surface area contributed by atoms with Gasteiger partial charge in [0.2, 0.25) is 0 Å². The van der Waals surface area contributed by atoms with Gasteiger partial charge < -0.3 is 10.3 Å². The van der Waals surface area contributed by atoms with E-state index in [1.807, 2.05) is 47.7 Å². The van der Waals surface area contributed by atoms with Crippen LogP contribution in [0.2, 0.25) is 0 Å². The van der Waals surface area contributed by atoms with Crippen LogP contribution in [0.25, 0.3) is 27.3 Å². The van der Waals surface area contributed by atoms with Crippen molar-refractivity contribution in [1.29, 1.82) is 0 Å². The molecule has 0 radical (unpaired) electrons. The maximum Gasteiger partial charge on any atom is 0.199 e. The number of hydrogen-bond donors (Lipinski definition) is 2. The van der Waals surface area contributed by atoms with Crippen LogP contribution in [-0.2, 0) is 6.54 Å². The van der Waals surface area contributed by atoms with Gasteiger partial charge in [0.25, 0.3) is 0 Å². The normalized spacial score (nSPS) is 13.8. The third kappa shape index (κ3) is 1.46. The van der Waals surface area contributed by atoms with E-state index in [9.17, 15) is 4.79 Å². The smallest absolute Gasteiger partial charge is 0.199 e. The summed E-state index contributed by atoms with van der Waals surface area (Å²) in [5.74, 6) is 0. The molecule has 0 unspecified atom stereocenters. The molecule has 0 atom stereocenters. The molecular formula is C17H15N5O. The topological polar surface area (TPSA) is 61.7 Å². The van der Waals surface area contributed by atoms with Crippen molar-refractivity contribution in [2.75, 3.05) is 24.4 Å². The van der Waals surface area contributed by atoms with Crippen molar-refractivity contribution >= 4 is 38.7 Å². The van der Waals surface area contributed by atoms with E-state index in [-0.39, 0.29) is 5.43 Å². The second-order valence-electron chi connectivity index (χ2n) is 6.13. The summed E-state index contributed by atoms with van der Waals surface area (Å²) in [7, 11) is 3.92. The van der Waals surface area contributed by atoms with Gasteiger partial charge in [-0.15, -0.1) is 0 Å². The van der Waals surface area contributed by atoms with Gasteiger partial charge in [-0.1, -0.05) is 0 Å². The van der Waals surface area contributed by atoms with Gasteiger partial charge in [0.05, 0.1) is 33.0 Å². The Labute approximate surface area is 131 Å². The molecule has 2 N–H and O–H groups in total. The van der Waals surface area contributed by atoms with Crippen molar-refractivity contribution in [3.63, 3.8) is 0 Å². The van der Waals surface area contributed by atoms with Crippen LogP contribution in [0.4, 0.5) is 11.4 Å². The molecule has 0 amide bonds. The SMILES string of the molecule is CN(C)c1ccc2ncn3c4ccc5c(c4c(=O)c1c23)CNN5. The molecule has 3 heterocycles. The molecule has 2 aromatic carbocycles. The zero-order valence-electron chi connectivity index (χ0n) is 12.8. The number of nitrogens with zero attached hydrogens (tertiary/aromatic N) is 3. The van der Waals surface area contributed by atoms with Gasteiger partial charge >= 0.3 is 0 Å². The Morgan fingerprint density at radius 3 is 2.87 bits per heavy atom. The number of benzene rings is 2. The fraction of sp³-hybridized carbons (Fsp3) is 0.176. The maximum atomic E-state index is 13.4. The molecule has 23 heavy (non-hydrogen) atoms. The first-order chi connectivity index (χ1) is 11.2. The fourth-order valence-electron chi connectivity index (χ4n) is 3.62. The first kappa shape index (κ1) is 12.7. The molecule has 0 aliphatic carbocycles. The monoisotopic (exact) mass is 305 g/mol. The van der Waals surface area contributed by atoms with Crippen molar-refractivity contribution < 1.29 is 0 Å². The average molecular weight is 305 g/mol. The van der Waals surface area contributed by atoms with Crippen LogP contribution in [0.15, 0.2) is 35.4 Å². The van der Waals surface area contributed by atoms with Crippen LogP contribution in [-0.4, -0.2) is 23.5 Å². The van der Waals surface area contributed by atoms with Gasteiger partial charge in [0.15, 0.2) is 5.43 Å². The van der Waals surface area contributed by atoms with Crippen molar-refractivity contribution in [2.45, 2.75) is 6.54 Å². The largest absolute Gasteiger partial charge is 0.377 e. The Morgan fingerprint density at radius 2 is 2.04 bits per heavy atom. The van der Waals surface area contributed by atoms with Crippen LogP contribution >= 0.6 is 0 Å². The molecule has 114 valence electrons. The number of imidazole rings is 1. The second-order valence-corrected chi connectivity index (χ2v) is 6.13. The number of anilines is 2. The molecule has 4 aromatic rings. The van der Waals surface area contributed by atoms with E-state index in [1.54, 1.807) is 6.33 Å². The lowest BCUT2D eigenvalue weighted by atomic mass is 10.0. The Kier molecular flexibility index (Phi) is 2.26. The van der Waals surface area contributed by atoms with Crippen LogP contribution in [0, 0.1) is 0 Å². The average Bonchev–Trinajstić information content (AvgIpc) is 3.18. The first-order valence-corrected chi connectivity index (χ1v) is 7.54. The van der Waals surface area contributed by atoms with Crippen molar-refractivity contribution in [3.8, 4) is 0 Å². The van der Waals surface area contributed by atoms with Crippen molar-refractivity contribution in [2.24, 2.45) is 0 Å². The lowest BCUT2D eigenvalue weighted by Gasteiger charge is -2.16. The molecule has 6 heteroatoms. The highest BCUT2D eigenvalue weighted by molar-refractivity contribution is 6.08. The van der Waals surface area contributed by atoms with Gasteiger partial charge in [-0.25, -0.2) is 10.4 Å². The van der Waals surface area contributed by atoms with Crippen LogP contribution in [0.5, 0.6) is 0 Å². The number of fused-ring (bicyclic) bond motifs is 4. The van der Waals surface area contributed by atoms with Crippen LogP contribution in [0.1, 0.15) is 5.56 Å². The van der Waals surface area contributed by atoms with E-state index >= 15 is 0 Å². The summed E-state index contributed by atoms with van der Waals surface area (Å²) >= 11 is 0. The summed E-state index contributed by atoms with van der Waals surface area (Å²) in [5.41, 5.74) is 11.9. The number of hydrogen-bond acceptors (Lipinski definition) is 5.